The van der Waals surface area contributed by atoms with Crippen molar-refractivity contribution in [1.82, 2.24) is 10.3 Å². The minimum atomic E-state index is 0.384. The van der Waals surface area contributed by atoms with E-state index >= 15 is 0 Å². The van der Waals surface area contributed by atoms with Crippen LogP contribution in [0.3, 0.4) is 0 Å². The molecule has 1 saturated carbocycles. The molecule has 1 aliphatic rings. The molecular formula is C15H21N3O. The van der Waals surface area contributed by atoms with E-state index in [2.05, 4.69) is 22.4 Å². The normalized spacial score (nSPS) is 17.5. The molecule has 0 saturated heterocycles. The molecule has 2 aromatic rings. The van der Waals surface area contributed by atoms with Crippen molar-refractivity contribution in [3.63, 3.8) is 0 Å². The van der Waals surface area contributed by atoms with E-state index < -0.39 is 0 Å². The number of nitrogens with two attached hydrogens (primary N) is 1. The average molecular weight is 259 g/mol. The van der Waals surface area contributed by atoms with Crippen molar-refractivity contribution in [3.8, 4) is 0 Å². The van der Waals surface area contributed by atoms with E-state index in [1.54, 1.807) is 0 Å². The van der Waals surface area contributed by atoms with Crippen molar-refractivity contribution < 1.29 is 4.42 Å². The van der Waals surface area contributed by atoms with Crippen LogP contribution in [0.4, 0.5) is 0 Å². The molecule has 0 unspecified atom stereocenters. The van der Waals surface area contributed by atoms with Gasteiger partial charge < -0.3 is 15.5 Å². The zero-order chi connectivity index (χ0) is 13.1. The Morgan fingerprint density at radius 3 is 3.00 bits per heavy atom. The molecule has 1 aromatic carbocycles. The quantitative estimate of drug-likeness (QED) is 0.780. The fraction of sp³-hybridized carbons (Fsp3) is 0.533. The third-order valence-electron chi connectivity index (χ3n) is 4.33. The minimum absolute atomic E-state index is 0.384. The zero-order valence-corrected chi connectivity index (χ0v) is 11.2. The van der Waals surface area contributed by atoms with Crippen molar-refractivity contribution in [2.75, 3.05) is 19.6 Å². The molecule has 4 heteroatoms. The molecule has 1 fully saturated rings. The van der Waals surface area contributed by atoms with E-state index in [0.717, 1.165) is 37.2 Å². The van der Waals surface area contributed by atoms with Gasteiger partial charge in [0, 0.05) is 6.54 Å². The molecule has 0 amide bonds. The third-order valence-corrected chi connectivity index (χ3v) is 4.33. The highest BCUT2D eigenvalue weighted by Gasteiger charge is 2.34. The number of hydrogen-bond acceptors (Lipinski definition) is 4. The van der Waals surface area contributed by atoms with Crippen LogP contribution in [0.25, 0.3) is 11.1 Å². The van der Waals surface area contributed by atoms with Gasteiger partial charge in [-0.1, -0.05) is 12.5 Å². The fourth-order valence-electron chi connectivity index (χ4n) is 2.77. The summed E-state index contributed by atoms with van der Waals surface area (Å²) in [7, 11) is 0. The fourth-order valence-corrected chi connectivity index (χ4v) is 2.77. The summed E-state index contributed by atoms with van der Waals surface area (Å²) in [4.78, 5) is 4.12. The largest absolute Gasteiger partial charge is 0.443 e. The molecule has 3 N–H and O–H groups in total. The first-order chi connectivity index (χ1) is 9.31. The summed E-state index contributed by atoms with van der Waals surface area (Å²) in [6.45, 7) is 2.85. The monoisotopic (exact) mass is 259 g/mol. The van der Waals surface area contributed by atoms with Gasteiger partial charge in [0.05, 0.1) is 0 Å². The van der Waals surface area contributed by atoms with E-state index in [1.165, 1.54) is 31.2 Å². The Balaban J connectivity index is 1.49. The maximum Gasteiger partial charge on any atom is 0.181 e. The standard InChI is InChI=1S/C15H21N3O/c16-9-15(5-1-6-15)10-17-7-4-12-2-3-13-14(8-12)19-11-18-13/h2-3,8,11,17H,1,4-7,9-10,16H2. The smallest absolute Gasteiger partial charge is 0.181 e. The van der Waals surface area contributed by atoms with E-state index in [0.29, 0.717) is 5.41 Å². The highest BCUT2D eigenvalue weighted by molar-refractivity contribution is 5.72. The molecule has 102 valence electrons. The first-order valence-electron chi connectivity index (χ1n) is 7.04. The van der Waals surface area contributed by atoms with Gasteiger partial charge in [0.1, 0.15) is 5.52 Å². The molecule has 1 aromatic heterocycles. The van der Waals surface area contributed by atoms with Gasteiger partial charge in [-0.15, -0.1) is 0 Å². The summed E-state index contributed by atoms with van der Waals surface area (Å²) in [5.41, 5.74) is 9.32. The maximum atomic E-state index is 5.85. The summed E-state index contributed by atoms with van der Waals surface area (Å²) < 4.78 is 5.31. The number of fused-ring (bicyclic) bond motifs is 1. The Hall–Kier alpha value is -1.39. The Bertz CT molecular complexity index is 540. The number of benzene rings is 1. The van der Waals surface area contributed by atoms with Crippen LogP contribution in [-0.4, -0.2) is 24.6 Å². The van der Waals surface area contributed by atoms with Gasteiger partial charge in [-0.3, -0.25) is 0 Å². The van der Waals surface area contributed by atoms with Gasteiger partial charge in [0.25, 0.3) is 0 Å². The third kappa shape index (κ3) is 2.65. The van der Waals surface area contributed by atoms with Crippen LogP contribution in [0.15, 0.2) is 29.0 Å². The van der Waals surface area contributed by atoms with Gasteiger partial charge in [-0.2, -0.15) is 0 Å². The molecular weight excluding hydrogens is 238 g/mol. The second-order valence-electron chi connectivity index (χ2n) is 5.64. The van der Waals surface area contributed by atoms with Crippen LogP contribution < -0.4 is 11.1 Å². The van der Waals surface area contributed by atoms with Crippen molar-refractivity contribution in [2.24, 2.45) is 11.1 Å². The lowest BCUT2D eigenvalue weighted by Gasteiger charge is -2.41. The summed E-state index contributed by atoms with van der Waals surface area (Å²) in [5, 5.41) is 3.54. The lowest BCUT2D eigenvalue weighted by atomic mass is 9.69. The first kappa shape index (κ1) is 12.6. The molecule has 19 heavy (non-hydrogen) atoms. The Labute approximate surface area is 113 Å². The molecule has 3 rings (SSSR count). The van der Waals surface area contributed by atoms with Gasteiger partial charge >= 0.3 is 0 Å². The number of nitrogens with zero attached hydrogens (tertiary/aromatic N) is 1. The molecule has 0 atom stereocenters. The molecule has 0 bridgehead atoms. The van der Waals surface area contributed by atoms with Gasteiger partial charge in [-0.25, -0.2) is 4.98 Å². The molecule has 1 heterocycles. The van der Waals surface area contributed by atoms with Crippen molar-refractivity contribution in [2.45, 2.75) is 25.7 Å². The topological polar surface area (TPSA) is 64.1 Å². The molecule has 0 radical (unpaired) electrons. The second kappa shape index (κ2) is 5.31. The molecule has 0 spiro atoms. The Morgan fingerprint density at radius 2 is 2.26 bits per heavy atom. The van der Waals surface area contributed by atoms with E-state index in [9.17, 15) is 0 Å². The average Bonchev–Trinajstić information content (AvgIpc) is 2.84. The zero-order valence-electron chi connectivity index (χ0n) is 11.2. The lowest BCUT2D eigenvalue weighted by Crippen LogP contribution is -2.45. The highest BCUT2D eigenvalue weighted by atomic mass is 16.3. The predicted octanol–water partition coefficient (Wildman–Crippen LogP) is 2.09. The van der Waals surface area contributed by atoms with Crippen LogP contribution >= 0.6 is 0 Å². The SMILES string of the molecule is NCC1(CNCCc2ccc3ncoc3c2)CCC1. The summed E-state index contributed by atoms with van der Waals surface area (Å²) in [6, 6.07) is 6.21. The van der Waals surface area contributed by atoms with E-state index in [-0.39, 0.29) is 0 Å². The number of hydrogen-bond donors (Lipinski definition) is 2. The Morgan fingerprint density at radius 1 is 1.37 bits per heavy atom. The summed E-state index contributed by atoms with van der Waals surface area (Å²) >= 11 is 0. The van der Waals surface area contributed by atoms with Crippen molar-refractivity contribution in [1.29, 1.82) is 0 Å². The van der Waals surface area contributed by atoms with Gasteiger partial charge in [0.2, 0.25) is 0 Å². The second-order valence-corrected chi connectivity index (χ2v) is 5.64. The van der Waals surface area contributed by atoms with Gasteiger partial charge in [-0.05, 0) is 55.5 Å². The molecule has 0 aliphatic heterocycles. The van der Waals surface area contributed by atoms with E-state index in [1.807, 2.05) is 6.07 Å². The summed E-state index contributed by atoms with van der Waals surface area (Å²) in [5.74, 6) is 0. The number of nitrogens with one attached hydrogen (secondary N) is 1. The summed E-state index contributed by atoms with van der Waals surface area (Å²) in [6.07, 6.45) is 6.40. The predicted molar refractivity (Wildman–Crippen MR) is 75.9 cm³/mol. The van der Waals surface area contributed by atoms with Crippen molar-refractivity contribution >= 4 is 11.1 Å². The molecule has 4 nitrogen and oxygen atoms in total. The number of aromatic nitrogens is 1. The van der Waals surface area contributed by atoms with Crippen LogP contribution in [0.1, 0.15) is 24.8 Å². The van der Waals surface area contributed by atoms with Crippen LogP contribution in [0.2, 0.25) is 0 Å². The number of oxazole rings is 1. The van der Waals surface area contributed by atoms with Crippen LogP contribution in [0, 0.1) is 5.41 Å². The van der Waals surface area contributed by atoms with Crippen LogP contribution in [0.5, 0.6) is 0 Å². The minimum Gasteiger partial charge on any atom is -0.443 e. The van der Waals surface area contributed by atoms with Crippen LogP contribution in [-0.2, 0) is 6.42 Å². The van der Waals surface area contributed by atoms with E-state index in [4.69, 9.17) is 10.2 Å². The molecule has 1 aliphatic carbocycles. The maximum absolute atomic E-state index is 5.85. The van der Waals surface area contributed by atoms with Crippen molar-refractivity contribution in [3.05, 3.63) is 30.2 Å². The Kier molecular flexibility index (Phi) is 3.53. The number of rotatable bonds is 6. The highest BCUT2D eigenvalue weighted by Crippen LogP contribution is 2.38. The lowest BCUT2D eigenvalue weighted by molar-refractivity contribution is 0.141. The first-order valence-corrected chi connectivity index (χ1v) is 7.04. The van der Waals surface area contributed by atoms with Gasteiger partial charge in [0.15, 0.2) is 12.0 Å².